The maximum absolute atomic E-state index is 13.0. The number of thioether (sulfide) groups is 1. The summed E-state index contributed by atoms with van der Waals surface area (Å²) >= 11 is 6.88. The van der Waals surface area contributed by atoms with Gasteiger partial charge in [-0.25, -0.2) is 4.98 Å². The fourth-order valence-electron chi connectivity index (χ4n) is 3.69. The maximum Gasteiger partial charge on any atom is 0.266 e. The minimum absolute atomic E-state index is 0.00460. The average molecular weight is 399 g/mol. The molecule has 2 aliphatic rings. The molecule has 0 radical (unpaired) electrons. The van der Waals surface area contributed by atoms with Gasteiger partial charge in [-0.05, 0) is 12.8 Å². The van der Waals surface area contributed by atoms with Gasteiger partial charge >= 0.3 is 0 Å². The van der Waals surface area contributed by atoms with Crippen LogP contribution in [0, 0.1) is 0 Å². The Morgan fingerprint density at radius 3 is 2.56 bits per heavy atom. The summed E-state index contributed by atoms with van der Waals surface area (Å²) in [5.74, 6) is 1.12. The summed E-state index contributed by atoms with van der Waals surface area (Å²) in [5.41, 5.74) is 0.965. The monoisotopic (exact) mass is 398 g/mol. The van der Waals surface area contributed by atoms with Gasteiger partial charge in [0.15, 0.2) is 5.76 Å². The van der Waals surface area contributed by atoms with Crippen LogP contribution in [-0.4, -0.2) is 26.2 Å². The second-order valence-electron chi connectivity index (χ2n) is 6.98. The van der Waals surface area contributed by atoms with E-state index >= 15 is 0 Å². The van der Waals surface area contributed by atoms with E-state index in [4.69, 9.17) is 16.6 Å². The van der Waals surface area contributed by atoms with Crippen molar-refractivity contribution in [3.05, 3.63) is 47.3 Å². The van der Waals surface area contributed by atoms with Crippen molar-refractivity contribution in [3.63, 3.8) is 0 Å². The second-order valence-corrected chi connectivity index (χ2v) is 8.66. The predicted molar refractivity (Wildman–Crippen MR) is 113 cm³/mol. The van der Waals surface area contributed by atoms with Crippen molar-refractivity contribution in [2.24, 2.45) is 0 Å². The Hall–Kier alpha value is -1.92. The van der Waals surface area contributed by atoms with Gasteiger partial charge < -0.3 is 4.42 Å². The minimum Gasteiger partial charge on any atom is -0.437 e. The van der Waals surface area contributed by atoms with Crippen LogP contribution in [0.5, 0.6) is 0 Å². The molecule has 0 unspecified atom stereocenters. The smallest absolute Gasteiger partial charge is 0.266 e. The summed E-state index contributed by atoms with van der Waals surface area (Å²) in [5, 5.41) is 0. The molecule has 4 rings (SSSR count). The van der Waals surface area contributed by atoms with E-state index in [0.29, 0.717) is 20.9 Å². The summed E-state index contributed by atoms with van der Waals surface area (Å²) in [7, 11) is 0. The van der Waals surface area contributed by atoms with Gasteiger partial charge in [-0.2, -0.15) is 0 Å². The van der Waals surface area contributed by atoms with E-state index in [9.17, 15) is 4.79 Å². The number of rotatable bonds is 3. The molecule has 0 bridgehead atoms. The van der Waals surface area contributed by atoms with Crippen LogP contribution >= 0.6 is 24.0 Å². The zero-order chi connectivity index (χ0) is 18.6. The van der Waals surface area contributed by atoms with Gasteiger partial charge in [-0.15, -0.1) is 0 Å². The molecule has 1 saturated heterocycles. The second kappa shape index (κ2) is 8.40. The number of carbonyl (C=O) groups excluding carboxylic acids is 1. The van der Waals surface area contributed by atoms with Gasteiger partial charge in [0.05, 0.1) is 11.1 Å². The Morgan fingerprint density at radius 1 is 1.11 bits per heavy atom. The van der Waals surface area contributed by atoms with Crippen LogP contribution in [0.15, 0.2) is 45.9 Å². The molecule has 2 aromatic rings. The lowest BCUT2D eigenvalue weighted by Crippen LogP contribution is -2.39. The van der Waals surface area contributed by atoms with Crippen LogP contribution < -0.4 is 0 Å². The molecule has 27 heavy (non-hydrogen) atoms. The standard InChI is InChI=1S/C21H22N2O2S2/c24-20-18(13-19-22-14-17(25-19)15-9-5-4-6-10-15)27-21(26)23(20)16-11-7-2-1-3-8-12-16/h4-6,9-10,13-14,16H,1-3,7-8,11-12H2. The van der Waals surface area contributed by atoms with Gasteiger partial charge in [0.1, 0.15) is 4.32 Å². The first-order valence-corrected chi connectivity index (χ1v) is 10.7. The molecular weight excluding hydrogens is 376 g/mol. The Kier molecular flexibility index (Phi) is 5.74. The minimum atomic E-state index is -0.00460. The number of hydrogen-bond donors (Lipinski definition) is 0. The maximum atomic E-state index is 13.0. The van der Waals surface area contributed by atoms with Crippen molar-refractivity contribution >= 4 is 40.3 Å². The molecule has 1 aromatic carbocycles. The van der Waals surface area contributed by atoms with Crippen molar-refractivity contribution in [3.8, 4) is 11.3 Å². The van der Waals surface area contributed by atoms with E-state index in [0.717, 1.165) is 18.4 Å². The van der Waals surface area contributed by atoms with Crippen LogP contribution in [0.1, 0.15) is 50.8 Å². The lowest BCUT2D eigenvalue weighted by molar-refractivity contribution is -0.123. The Balaban J connectivity index is 1.52. The van der Waals surface area contributed by atoms with Crippen molar-refractivity contribution in [2.75, 3.05) is 0 Å². The number of carbonyl (C=O) groups is 1. The van der Waals surface area contributed by atoms with Crippen LogP contribution in [0.25, 0.3) is 17.4 Å². The summed E-state index contributed by atoms with van der Waals surface area (Å²) in [6, 6.07) is 10.0. The third kappa shape index (κ3) is 4.17. The van der Waals surface area contributed by atoms with Crippen molar-refractivity contribution in [2.45, 2.75) is 51.0 Å². The molecule has 1 aliphatic carbocycles. The lowest BCUT2D eigenvalue weighted by Gasteiger charge is -2.28. The predicted octanol–water partition coefficient (Wildman–Crippen LogP) is 5.66. The number of thiocarbonyl (C=S) groups is 1. The number of aromatic nitrogens is 1. The normalized spacial score (nSPS) is 20.9. The largest absolute Gasteiger partial charge is 0.437 e. The van der Waals surface area contributed by atoms with E-state index in [1.54, 1.807) is 12.3 Å². The number of benzene rings is 1. The van der Waals surface area contributed by atoms with Gasteiger partial charge in [-0.3, -0.25) is 9.69 Å². The Labute approximate surface area is 169 Å². The van der Waals surface area contributed by atoms with Crippen molar-refractivity contribution in [1.82, 2.24) is 9.88 Å². The van der Waals surface area contributed by atoms with Gasteiger partial charge in [0.2, 0.25) is 5.89 Å². The zero-order valence-corrected chi connectivity index (χ0v) is 16.7. The third-order valence-electron chi connectivity index (χ3n) is 5.10. The molecule has 140 valence electrons. The number of hydrogen-bond acceptors (Lipinski definition) is 5. The number of nitrogens with zero attached hydrogens (tertiary/aromatic N) is 2. The Morgan fingerprint density at radius 2 is 1.81 bits per heavy atom. The molecule has 2 fully saturated rings. The SMILES string of the molecule is O=C1C(=Cc2ncc(-c3ccccc3)o2)SC(=S)N1C1CCCCCCC1. The fourth-order valence-corrected chi connectivity index (χ4v) is 5.05. The van der Waals surface area contributed by atoms with Crippen molar-refractivity contribution in [1.29, 1.82) is 0 Å². The van der Waals surface area contributed by atoms with Gasteiger partial charge in [0.25, 0.3) is 5.91 Å². The Bertz CT molecular complexity index is 852. The molecule has 1 saturated carbocycles. The molecule has 1 aromatic heterocycles. The number of oxazole rings is 1. The van der Waals surface area contributed by atoms with E-state index in [1.165, 1.54) is 43.9 Å². The van der Waals surface area contributed by atoms with E-state index in [1.807, 2.05) is 35.2 Å². The highest BCUT2D eigenvalue weighted by molar-refractivity contribution is 8.26. The fraction of sp³-hybridized carbons (Fsp3) is 0.381. The summed E-state index contributed by atoms with van der Waals surface area (Å²) in [6.07, 6.45) is 11.6. The summed E-state index contributed by atoms with van der Waals surface area (Å²) in [4.78, 5) is 19.7. The molecule has 1 amide bonds. The first kappa shape index (κ1) is 18.4. The highest BCUT2D eigenvalue weighted by Crippen LogP contribution is 2.37. The highest BCUT2D eigenvalue weighted by atomic mass is 32.2. The molecular formula is C21H22N2O2S2. The first-order chi connectivity index (χ1) is 13.2. The van der Waals surface area contributed by atoms with Crippen LogP contribution in [0.2, 0.25) is 0 Å². The molecule has 1 aliphatic heterocycles. The topological polar surface area (TPSA) is 46.3 Å². The first-order valence-electron chi connectivity index (χ1n) is 9.51. The van der Waals surface area contributed by atoms with Crippen LogP contribution in [0.3, 0.4) is 0 Å². The quantitative estimate of drug-likeness (QED) is 0.493. The number of amides is 1. The molecule has 2 heterocycles. The zero-order valence-electron chi connectivity index (χ0n) is 15.1. The third-order valence-corrected chi connectivity index (χ3v) is 6.43. The van der Waals surface area contributed by atoms with Crippen molar-refractivity contribution < 1.29 is 9.21 Å². The molecule has 0 spiro atoms. The van der Waals surface area contributed by atoms with E-state index in [-0.39, 0.29) is 11.9 Å². The van der Waals surface area contributed by atoms with Crippen LogP contribution in [-0.2, 0) is 4.79 Å². The van der Waals surface area contributed by atoms with Gasteiger partial charge in [0, 0.05) is 17.7 Å². The van der Waals surface area contributed by atoms with E-state index < -0.39 is 0 Å². The molecule has 0 N–H and O–H groups in total. The van der Waals surface area contributed by atoms with Gasteiger partial charge in [-0.1, -0.05) is 86.4 Å². The van der Waals surface area contributed by atoms with E-state index in [2.05, 4.69) is 4.98 Å². The highest BCUT2D eigenvalue weighted by Gasteiger charge is 2.37. The average Bonchev–Trinajstić information content (AvgIpc) is 3.22. The van der Waals surface area contributed by atoms with Crippen LogP contribution in [0.4, 0.5) is 0 Å². The molecule has 0 atom stereocenters. The molecule has 6 heteroatoms. The summed E-state index contributed by atoms with van der Waals surface area (Å²) in [6.45, 7) is 0. The molecule has 4 nitrogen and oxygen atoms in total. The summed E-state index contributed by atoms with van der Waals surface area (Å²) < 4.78 is 6.48. The lowest BCUT2D eigenvalue weighted by atomic mass is 9.96.